The van der Waals surface area contributed by atoms with Crippen LogP contribution in [0.5, 0.6) is 11.5 Å². The van der Waals surface area contributed by atoms with E-state index in [2.05, 4.69) is 0 Å². The Morgan fingerprint density at radius 2 is 1.97 bits per heavy atom. The fourth-order valence-corrected chi connectivity index (χ4v) is 3.35. The third-order valence-electron chi connectivity index (χ3n) is 5.15. The summed E-state index contributed by atoms with van der Waals surface area (Å²) in [4.78, 5) is 13.3. The Balaban J connectivity index is 1.82. The van der Waals surface area contributed by atoms with Gasteiger partial charge in [0.2, 0.25) is 5.43 Å². The van der Waals surface area contributed by atoms with E-state index in [-0.39, 0.29) is 16.6 Å². The summed E-state index contributed by atoms with van der Waals surface area (Å²) in [5.41, 5.74) is 2.64. The standard InChI is InChI=1S/C26H26O4/c1-17(2)8-6-7-11-21-25(28)24-22(27)14-20(29-16-18-12-13-18)15-23(24)30-26(21)19-9-4-3-5-10-19/h3-10,14-15,18,27H,11-13,16H2,1-2H3/b7-6+. The summed E-state index contributed by atoms with van der Waals surface area (Å²) in [6.45, 7) is 4.66. The first kappa shape index (κ1) is 20.0. The average Bonchev–Trinajstić information content (AvgIpc) is 3.55. The molecule has 0 atom stereocenters. The van der Waals surface area contributed by atoms with Crippen LogP contribution in [0.15, 0.2) is 75.5 Å². The summed E-state index contributed by atoms with van der Waals surface area (Å²) in [7, 11) is 0. The Morgan fingerprint density at radius 3 is 2.67 bits per heavy atom. The molecule has 4 rings (SSSR count). The summed E-state index contributed by atoms with van der Waals surface area (Å²) in [6, 6.07) is 12.8. The van der Waals surface area contributed by atoms with Crippen LogP contribution in [0.3, 0.4) is 0 Å². The van der Waals surface area contributed by atoms with Crippen LogP contribution < -0.4 is 10.2 Å². The van der Waals surface area contributed by atoms with E-state index >= 15 is 0 Å². The zero-order valence-corrected chi connectivity index (χ0v) is 17.4. The van der Waals surface area contributed by atoms with E-state index in [1.54, 1.807) is 6.07 Å². The maximum absolute atomic E-state index is 13.3. The minimum Gasteiger partial charge on any atom is -0.507 e. The van der Waals surface area contributed by atoms with Crippen LogP contribution in [0, 0.1) is 5.92 Å². The van der Waals surface area contributed by atoms with E-state index in [0.717, 1.165) is 5.56 Å². The van der Waals surface area contributed by atoms with Crippen molar-refractivity contribution in [2.24, 2.45) is 5.92 Å². The lowest BCUT2D eigenvalue weighted by molar-refractivity contribution is 0.298. The second kappa shape index (κ2) is 8.62. The van der Waals surface area contributed by atoms with Gasteiger partial charge in [0.15, 0.2) is 0 Å². The number of rotatable bonds is 7. The van der Waals surface area contributed by atoms with Gasteiger partial charge in [-0.2, -0.15) is 0 Å². The predicted molar refractivity (Wildman–Crippen MR) is 120 cm³/mol. The lowest BCUT2D eigenvalue weighted by Crippen LogP contribution is -2.11. The molecule has 4 nitrogen and oxygen atoms in total. The van der Waals surface area contributed by atoms with Gasteiger partial charge in [-0.05, 0) is 39.0 Å². The van der Waals surface area contributed by atoms with E-state index in [4.69, 9.17) is 9.15 Å². The number of hydrogen-bond donors (Lipinski definition) is 1. The molecule has 0 aliphatic heterocycles. The number of ether oxygens (including phenoxy) is 1. The number of phenols is 1. The van der Waals surface area contributed by atoms with Crippen molar-refractivity contribution < 1.29 is 14.3 Å². The van der Waals surface area contributed by atoms with Crippen molar-refractivity contribution in [2.75, 3.05) is 6.61 Å². The highest BCUT2D eigenvalue weighted by atomic mass is 16.5. The minimum atomic E-state index is -0.219. The van der Waals surface area contributed by atoms with Crippen LogP contribution in [0.4, 0.5) is 0 Å². The van der Waals surface area contributed by atoms with E-state index in [1.165, 1.54) is 24.5 Å². The van der Waals surface area contributed by atoms with Gasteiger partial charge in [0.25, 0.3) is 0 Å². The number of hydrogen-bond acceptors (Lipinski definition) is 4. The highest BCUT2D eigenvalue weighted by molar-refractivity contribution is 5.87. The number of allylic oxidation sites excluding steroid dienone is 4. The second-order valence-corrected chi connectivity index (χ2v) is 8.05. The molecule has 1 aromatic heterocycles. The van der Waals surface area contributed by atoms with Crippen LogP contribution >= 0.6 is 0 Å². The quantitative estimate of drug-likeness (QED) is 0.491. The molecule has 1 saturated carbocycles. The molecule has 1 fully saturated rings. The number of aromatic hydroxyl groups is 1. The van der Waals surface area contributed by atoms with Gasteiger partial charge in [0, 0.05) is 23.3 Å². The molecule has 0 amide bonds. The molecule has 1 heterocycles. The van der Waals surface area contributed by atoms with E-state index in [9.17, 15) is 9.90 Å². The number of fused-ring (bicyclic) bond motifs is 1. The molecule has 2 aromatic carbocycles. The molecule has 1 N–H and O–H groups in total. The van der Waals surface area contributed by atoms with Crippen LogP contribution in [0.25, 0.3) is 22.3 Å². The van der Waals surface area contributed by atoms with Crippen LogP contribution in [0.1, 0.15) is 32.3 Å². The maximum Gasteiger partial charge on any atom is 0.200 e. The molecule has 154 valence electrons. The molecule has 0 saturated heterocycles. The monoisotopic (exact) mass is 402 g/mol. The van der Waals surface area contributed by atoms with Crippen molar-refractivity contribution in [1.82, 2.24) is 0 Å². The smallest absolute Gasteiger partial charge is 0.200 e. The van der Waals surface area contributed by atoms with Crippen LogP contribution in [-0.4, -0.2) is 11.7 Å². The normalized spacial score (nSPS) is 13.7. The first-order valence-electron chi connectivity index (χ1n) is 10.3. The van der Waals surface area contributed by atoms with Crippen molar-refractivity contribution in [3.8, 4) is 22.8 Å². The van der Waals surface area contributed by atoms with Crippen molar-refractivity contribution in [1.29, 1.82) is 0 Å². The lowest BCUT2D eigenvalue weighted by Gasteiger charge is -2.12. The summed E-state index contributed by atoms with van der Waals surface area (Å²) in [5.74, 6) is 1.52. The minimum absolute atomic E-state index is 0.110. The van der Waals surface area contributed by atoms with Gasteiger partial charge in [-0.15, -0.1) is 0 Å². The van der Waals surface area contributed by atoms with Gasteiger partial charge in [-0.3, -0.25) is 4.79 Å². The fourth-order valence-electron chi connectivity index (χ4n) is 3.35. The van der Waals surface area contributed by atoms with Gasteiger partial charge in [-0.1, -0.05) is 54.1 Å². The molecule has 0 radical (unpaired) electrons. The Labute approximate surface area is 176 Å². The zero-order valence-electron chi connectivity index (χ0n) is 17.4. The van der Waals surface area contributed by atoms with E-state index in [0.29, 0.717) is 41.6 Å². The maximum atomic E-state index is 13.3. The topological polar surface area (TPSA) is 59.7 Å². The Bertz CT molecular complexity index is 1160. The molecule has 0 bridgehead atoms. The molecule has 30 heavy (non-hydrogen) atoms. The van der Waals surface area contributed by atoms with Crippen LogP contribution in [0.2, 0.25) is 0 Å². The first-order valence-corrected chi connectivity index (χ1v) is 10.3. The summed E-state index contributed by atoms with van der Waals surface area (Å²) in [5, 5.41) is 10.8. The fraction of sp³-hybridized carbons (Fsp3) is 0.269. The summed E-state index contributed by atoms with van der Waals surface area (Å²) >= 11 is 0. The highest BCUT2D eigenvalue weighted by Crippen LogP contribution is 2.35. The molecule has 1 aliphatic carbocycles. The second-order valence-electron chi connectivity index (χ2n) is 8.05. The van der Waals surface area contributed by atoms with Crippen LogP contribution in [-0.2, 0) is 6.42 Å². The molecule has 0 unspecified atom stereocenters. The summed E-state index contributed by atoms with van der Waals surface area (Å²) in [6.07, 6.45) is 8.62. The Hall–Kier alpha value is -3.27. The third kappa shape index (κ3) is 4.48. The highest BCUT2D eigenvalue weighted by Gasteiger charge is 2.23. The van der Waals surface area contributed by atoms with Crippen molar-refractivity contribution in [3.63, 3.8) is 0 Å². The molecule has 4 heteroatoms. The van der Waals surface area contributed by atoms with Gasteiger partial charge < -0.3 is 14.3 Å². The molecular weight excluding hydrogens is 376 g/mol. The molecule has 3 aromatic rings. The average molecular weight is 402 g/mol. The Kier molecular flexibility index (Phi) is 5.75. The van der Waals surface area contributed by atoms with Gasteiger partial charge in [-0.25, -0.2) is 0 Å². The predicted octanol–water partition coefficient (Wildman–Crippen LogP) is 6.02. The third-order valence-corrected chi connectivity index (χ3v) is 5.15. The molecule has 1 aliphatic rings. The zero-order chi connectivity index (χ0) is 21.1. The van der Waals surface area contributed by atoms with Crippen molar-refractivity contribution >= 4 is 11.0 Å². The summed E-state index contributed by atoms with van der Waals surface area (Å²) < 4.78 is 12.0. The lowest BCUT2D eigenvalue weighted by atomic mass is 10.0. The van der Waals surface area contributed by atoms with Gasteiger partial charge in [0.05, 0.1) is 6.61 Å². The molecular formula is C26H26O4. The largest absolute Gasteiger partial charge is 0.507 e. The van der Waals surface area contributed by atoms with Gasteiger partial charge >= 0.3 is 0 Å². The SMILES string of the molecule is CC(C)=C/C=C/Cc1c(-c2ccccc2)oc2cc(OCC3CC3)cc(O)c2c1=O. The van der Waals surface area contributed by atoms with Crippen molar-refractivity contribution in [2.45, 2.75) is 33.1 Å². The first-order chi connectivity index (χ1) is 14.5. The van der Waals surface area contributed by atoms with E-state index < -0.39 is 0 Å². The number of phenolic OH excluding ortho intramolecular Hbond substituents is 1. The number of benzene rings is 2. The van der Waals surface area contributed by atoms with Gasteiger partial charge in [0.1, 0.15) is 28.2 Å². The Morgan fingerprint density at radius 1 is 1.20 bits per heavy atom. The van der Waals surface area contributed by atoms with E-state index in [1.807, 2.05) is 62.4 Å². The molecule has 0 spiro atoms. The van der Waals surface area contributed by atoms with Crippen molar-refractivity contribution in [3.05, 3.63) is 82.1 Å².